The van der Waals surface area contributed by atoms with Crippen LogP contribution in [0.25, 0.3) is 0 Å². The highest BCUT2D eigenvalue weighted by Gasteiger charge is 2.09. The molecule has 88 valence electrons. The van der Waals surface area contributed by atoms with E-state index in [0.717, 1.165) is 39.1 Å². The summed E-state index contributed by atoms with van der Waals surface area (Å²) in [6.07, 6.45) is 1.08. The molecule has 1 saturated heterocycles. The van der Waals surface area contributed by atoms with Gasteiger partial charge >= 0.3 is 0 Å². The van der Waals surface area contributed by atoms with E-state index < -0.39 is 0 Å². The average molecular weight is 220 g/mol. The lowest BCUT2D eigenvalue weighted by atomic mass is 10.1. The maximum Gasteiger partial charge on any atom is 0.115 e. The third kappa shape index (κ3) is 2.97. The molecular formula is C13H20N2O. The van der Waals surface area contributed by atoms with Crippen LogP contribution in [0.3, 0.4) is 0 Å². The fraction of sp³-hybridized carbons (Fsp3) is 0.538. The second-order valence-electron chi connectivity index (χ2n) is 4.45. The molecule has 3 nitrogen and oxygen atoms in total. The maximum absolute atomic E-state index is 9.34. The Morgan fingerprint density at radius 1 is 1.31 bits per heavy atom. The zero-order valence-corrected chi connectivity index (χ0v) is 9.87. The van der Waals surface area contributed by atoms with Crippen LogP contribution >= 0.6 is 0 Å². The minimum atomic E-state index is 0.364. The number of phenols is 1. The molecule has 0 aromatic heterocycles. The number of aromatic hydroxyl groups is 1. The van der Waals surface area contributed by atoms with E-state index in [1.807, 2.05) is 12.1 Å². The molecule has 1 aromatic carbocycles. The van der Waals surface area contributed by atoms with Gasteiger partial charge in [0.2, 0.25) is 0 Å². The molecule has 0 aliphatic carbocycles. The van der Waals surface area contributed by atoms with Crippen LogP contribution in [0.15, 0.2) is 18.2 Å². The van der Waals surface area contributed by atoms with E-state index in [0.29, 0.717) is 5.75 Å². The molecule has 0 saturated carbocycles. The zero-order chi connectivity index (χ0) is 11.4. The van der Waals surface area contributed by atoms with E-state index in [1.54, 1.807) is 6.07 Å². The first kappa shape index (κ1) is 11.4. The monoisotopic (exact) mass is 220 g/mol. The summed E-state index contributed by atoms with van der Waals surface area (Å²) in [6.45, 7) is 7.69. The highest BCUT2D eigenvalue weighted by atomic mass is 16.3. The van der Waals surface area contributed by atoms with E-state index in [4.69, 9.17) is 0 Å². The summed E-state index contributed by atoms with van der Waals surface area (Å²) >= 11 is 0. The minimum absolute atomic E-state index is 0.364. The summed E-state index contributed by atoms with van der Waals surface area (Å²) in [6, 6.07) is 5.65. The third-order valence-electron chi connectivity index (χ3n) is 3.23. The van der Waals surface area contributed by atoms with Crippen LogP contribution in [0.5, 0.6) is 5.75 Å². The lowest BCUT2D eigenvalue weighted by Crippen LogP contribution is -2.44. The van der Waals surface area contributed by atoms with Crippen LogP contribution in [0.4, 0.5) is 0 Å². The van der Waals surface area contributed by atoms with Gasteiger partial charge in [0.25, 0.3) is 0 Å². The number of benzene rings is 1. The van der Waals surface area contributed by atoms with Gasteiger partial charge in [0.05, 0.1) is 0 Å². The van der Waals surface area contributed by atoms with E-state index >= 15 is 0 Å². The van der Waals surface area contributed by atoms with Gasteiger partial charge in [-0.05, 0) is 36.6 Å². The summed E-state index contributed by atoms with van der Waals surface area (Å²) in [5, 5.41) is 12.7. The summed E-state index contributed by atoms with van der Waals surface area (Å²) in [4.78, 5) is 2.49. The second kappa shape index (κ2) is 5.32. The molecule has 2 rings (SSSR count). The van der Waals surface area contributed by atoms with Crippen molar-refractivity contribution in [3.8, 4) is 5.75 Å². The number of rotatable bonds is 3. The number of nitrogens with one attached hydrogen (secondary N) is 1. The van der Waals surface area contributed by atoms with E-state index in [2.05, 4.69) is 17.1 Å². The summed E-state index contributed by atoms with van der Waals surface area (Å²) < 4.78 is 0. The van der Waals surface area contributed by atoms with Crippen LogP contribution in [-0.2, 0) is 6.42 Å². The van der Waals surface area contributed by atoms with Crippen LogP contribution in [0, 0.1) is 6.92 Å². The Balaban J connectivity index is 1.88. The molecule has 0 unspecified atom stereocenters. The number of nitrogens with zero attached hydrogens (tertiary/aromatic N) is 1. The Kier molecular flexibility index (Phi) is 3.80. The molecule has 0 radical (unpaired) electrons. The van der Waals surface area contributed by atoms with Gasteiger partial charge in [0, 0.05) is 32.7 Å². The molecule has 1 aliphatic rings. The third-order valence-corrected chi connectivity index (χ3v) is 3.23. The van der Waals surface area contributed by atoms with Crippen LogP contribution in [-0.4, -0.2) is 42.7 Å². The van der Waals surface area contributed by atoms with Crippen molar-refractivity contribution >= 4 is 0 Å². The van der Waals surface area contributed by atoms with Crippen molar-refractivity contribution in [3.63, 3.8) is 0 Å². The maximum atomic E-state index is 9.34. The standard InChI is InChI=1S/C13H20N2O/c1-11-10-13(16)3-2-12(11)4-7-15-8-5-14-6-9-15/h2-3,10,14,16H,4-9H2,1H3. The molecule has 0 atom stereocenters. The van der Waals surface area contributed by atoms with Gasteiger partial charge < -0.3 is 15.3 Å². The van der Waals surface area contributed by atoms with Gasteiger partial charge in [-0.2, -0.15) is 0 Å². The number of aryl methyl sites for hydroxylation is 1. The first-order valence-corrected chi connectivity index (χ1v) is 5.97. The Labute approximate surface area is 97.1 Å². The Bertz CT molecular complexity index is 346. The molecule has 0 spiro atoms. The molecule has 16 heavy (non-hydrogen) atoms. The topological polar surface area (TPSA) is 35.5 Å². The normalized spacial score (nSPS) is 17.6. The average Bonchev–Trinajstić information content (AvgIpc) is 2.29. The van der Waals surface area contributed by atoms with Crippen LogP contribution in [0.1, 0.15) is 11.1 Å². The summed E-state index contributed by atoms with van der Waals surface area (Å²) in [7, 11) is 0. The lowest BCUT2D eigenvalue weighted by Gasteiger charge is -2.27. The van der Waals surface area contributed by atoms with Crippen molar-refractivity contribution in [1.82, 2.24) is 10.2 Å². The van der Waals surface area contributed by atoms with Crippen molar-refractivity contribution in [1.29, 1.82) is 0 Å². The molecular weight excluding hydrogens is 200 g/mol. The van der Waals surface area contributed by atoms with Crippen LogP contribution in [0.2, 0.25) is 0 Å². The number of hydrogen-bond acceptors (Lipinski definition) is 3. The first-order chi connectivity index (χ1) is 7.75. The highest BCUT2D eigenvalue weighted by molar-refractivity contribution is 5.33. The van der Waals surface area contributed by atoms with Crippen LogP contribution < -0.4 is 5.32 Å². The molecule has 1 fully saturated rings. The van der Waals surface area contributed by atoms with Gasteiger partial charge in [-0.25, -0.2) is 0 Å². The Morgan fingerprint density at radius 2 is 2.06 bits per heavy atom. The number of hydrogen-bond donors (Lipinski definition) is 2. The highest BCUT2D eigenvalue weighted by Crippen LogP contribution is 2.16. The van der Waals surface area contributed by atoms with Gasteiger partial charge in [-0.1, -0.05) is 6.07 Å². The van der Waals surface area contributed by atoms with Crippen molar-refractivity contribution in [3.05, 3.63) is 29.3 Å². The van der Waals surface area contributed by atoms with Gasteiger partial charge in [0.15, 0.2) is 0 Å². The second-order valence-corrected chi connectivity index (χ2v) is 4.45. The van der Waals surface area contributed by atoms with E-state index in [9.17, 15) is 5.11 Å². The number of piperazine rings is 1. The zero-order valence-electron chi connectivity index (χ0n) is 9.87. The van der Waals surface area contributed by atoms with Crippen molar-refractivity contribution < 1.29 is 5.11 Å². The SMILES string of the molecule is Cc1cc(O)ccc1CCN1CCNCC1. The molecule has 3 heteroatoms. The largest absolute Gasteiger partial charge is 0.508 e. The van der Waals surface area contributed by atoms with Crippen molar-refractivity contribution in [2.75, 3.05) is 32.7 Å². The molecule has 1 heterocycles. The Hall–Kier alpha value is -1.06. The fourth-order valence-corrected chi connectivity index (χ4v) is 2.17. The molecule has 1 aliphatic heterocycles. The van der Waals surface area contributed by atoms with Crippen molar-refractivity contribution in [2.45, 2.75) is 13.3 Å². The number of phenolic OH excluding ortho intramolecular Hbond substituents is 1. The van der Waals surface area contributed by atoms with Crippen molar-refractivity contribution in [2.24, 2.45) is 0 Å². The first-order valence-electron chi connectivity index (χ1n) is 5.97. The fourth-order valence-electron chi connectivity index (χ4n) is 2.17. The smallest absolute Gasteiger partial charge is 0.115 e. The van der Waals surface area contributed by atoms with Gasteiger partial charge in [0.1, 0.15) is 5.75 Å². The summed E-state index contributed by atoms with van der Waals surface area (Å²) in [5.41, 5.74) is 2.53. The molecule has 0 bridgehead atoms. The van der Waals surface area contributed by atoms with Gasteiger partial charge in [-0.15, -0.1) is 0 Å². The van der Waals surface area contributed by atoms with E-state index in [1.165, 1.54) is 11.1 Å². The lowest BCUT2D eigenvalue weighted by molar-refractivity contribution is 0.244. The quantitative estimate of drug-likeness (QED) is 0.802. The molecule has 2 N–H and O–H groups in total. The van der Waals surface area contributed by atoms with E-state index in [-0.39, 0.29) is 0 Å². The predicted octanol–water partition coefficient (Wildman–Crippen LogP) is 1.15. The predicted molar refractivity (Wildman–Crippen MR) is 65.9 cm³/mol. The minimum Gasteiger partial charge on any atom is -0.508 e. The summed E-state index contributed by atoms with van der Waals surface area (Å²) in [5.74, 6) is 0.364. The van der Waals surface area contributed by atoms with Gasteiger partial charge in [-0.3, -0.25) is 0 Å². The Morgan fingerprint density at radius 3 is 2.75 bits per heavy atom. The molecule has 0 amide bonds. The molecule has 1 aromatic rings.